The summed E-state index contributed by atoms with van der Waals surface area (Å²) < 4.78 is 0. The third kappa shape index (κ3) is 3.35. The fourth-order valence-electron chi connectivity index (χ4n) is 3.41. The zero-order chi connectivity index (χ0) is 17.2. The van der Waals surface area contributed by atoms with Gasteiger partial charge in [-0.25, -0.2) is 4.79 Å². The molecule has 0 atom stereocenters. The second-order valence-corrected chi connectivity index (χ2v) is 7.98. The van der Waals surface area contributed by atoms with Gasteiger partial charge in [0.25, 0.3) is 5.91 Å². The summed E-state index contributed by atoms with van der Waals surface area (Å²) in [4.78, 5) is 28.6. The molecule has 2 aliphatic heterocycles. The molecule has 1 aromatic rings. The first kappa shape index (κ1) is 17.4. The highest BCUT2D eigenvalue weighted by molar-refractivity contribution is 8.00. The fraction of sp³-hybridized carbons (Fsp3) is 0.529. The summed E-state index contributed by atoms with van der Waals surface area (Å²) in [5, 5.41) is 3.42. The largest absolute Gasteiger partial charge is 0.338 e. The van der Waals surface area contributed by atoms with Gasteiger partial charge in [-0.15, -0.1) is 11.8 Å². The molecule has 2 fully saturated rings. The van der Waals surface area contributed by atoms with Crippen LogP contribution < -0.4 is 5.32 Å². The SMILES string of the molecule is CCNC(=O)N1CCC2(CC1)SCCN2C(=O)c1cccc(Cl)c1. The molecular weight excluding hydrogens is 346 g/mol. The first-order chi connectivity index (χ1) is 11.6. The molecule has 2 saturated heterocycles. The van der Waals surface area contributed by atoms with E-state index in [4.69, 9.17) is 11.6 Å². The van der Waals surface area contributed by atoms with Crippen LogP contribution in [0.5, 0.6) is 0 Å². The molecule has 7 heteroatoms. The van der Waals surface area contributed by atoms with Gasteiger partial charge in [-0.2, -0.15) is 0 Å². The molecule has 0 unspecified atom stereocenters. The number of hydrogen-bond acceptors (Lipinski definition) is 3. The zero-order valence-electron chi connectivity index (χ0n) is 13.8. The lowest BCUT2D eigenvalue weighted by molar-refractivity contribution is 0.0581. The van der Waals surface area contributed by atoms with Crippen LogP contribution in [0.4, 0.5) is 4.79 Å². The number of rotatable bonds is 2. The topological polar surface area (TPSA) is 52.7 Å². The van der Waals surface area contributed by atoms with E-state index in [9.17, 15) is 9.59 Å². The Balaban J connectivity index is 1.72. The van der Waals surface area contributed by atoms with Crippen LogP contribution in [0.1, 0.15) is 30.1 Å². The van der Waals surface area contributed by atoms with Crippen LogP contribution in [0.2, 0.25) is 5.02 Å². The van der Waals surface area contributed by atoms with Gasteiger partial charge in [-0.1, -0.05) is 17.7 Å². The summed E-state index contributed by atoms with van der Waals surface area (Å²) in [7, 11) is 0. The van der Waals surface area contributed by atoms with Gasteiger partial charge in [0, 0.05) is 42.5 Å². The second kappa shape index (κ2) is 7.23. The maximum atomic E-state index is 13.0. The number of likely N-dealkylation sites (tertiary alicyclic amines) is 1. The standard InChI is InChI=1S/C17H22ClN3O2S/c1-2-19-16(23)20-8-6-17(7-9-20)21(10-11-24-17)15(22)13-4-3-5-14(18)12-13/h3-5,12H,2,6-11H2,1H3,(H,19,23). The van der Waals surface area contributed by atoms with Crippen molar-refractivity contribution >= 4 is 35.3 Å². The molecule has 2 heterocycles. The Hall–Kier alpha value is -1.40. The molecule has 24 heavy (non-hydrogen) atoms. The Bertz CT molecular complexity index is 632. The number of hydrogen-bond donors (Lipinski definition) is 1. The van der Waals surface area contributed by atoms with Crippen molar-refractivity contribution < 1.29 is 9.59 Å². The number of nitrogens with one attached hydrogen (secondary N) is 1. The van der Waals surface area contributed by atoms with E-state index < -0.39 is 0 Å². The van der Waals surface area contributed by atoms with E-state index >= 15 is 0 Å². The molecule has 0 radical (unpaired) electrons. The average Bonchev–Trinajstić information content (AvgIpc) is 2.98. The highest BCUT2D eigenvalue weighted by atomic mass is 35.5. The Morgan fingerprint density at radius 3 is 2.71 bits per heavy atom. The van der Waals surface area contributed by atoms with Crippen LogP contribution in [0.15, 0.2) is 24.3 Å². The molecule has 1 aromatic carbocycles. The summed E-state index contributed by atoms with van der Waals surface area (Å²) in [6.07, 6.45) is 1.61. The molecule has 0 aliphatic carbocycles. The third-order valence-electron chi connectivity index (χ3n) is 4.65. The van der Waals surface area contributed by atoms with E-state index in [-0.39, 0.29) is 16.8 Å². The Morgan fingerprint density at radius 2 is 2.04 bits per heavy atom. The summed E-state index contributed by atoms with van der Waals surface area (Å²) in [5.41, 5.74) is 0.635. The van der Waals surface area contributed by atoms with E-state index in [1.807, 2.05) is 40.6 Å². The van der Waals surface area contributed by atoms with E-state index in [1.54, 1.807) is 12.1 Å². The van der Waals surface area contributed by atoms with Gasteiger partial charge in [0.15, 0.2) is 0 Å². The number of piperidine rings is 1. The van der Waals surface area contributed by atoms with Crippen molar-refractivity contribution in [1.29, 1.82) is 0 Å². The maximum Gasteiger partial charge on any atom is 0.317 e. The van der Waals surface area contributed by atoms with E-state index in [0.29, 0.717) is 30.2 Å². The molecule has 3 rings (SSSR count). The number of urea groups is 1. The van der Waals surface area contributed by atoms with Gasteiger partial charge < -0.3 is 15.1 Å². The fourth-order valence-corrected chi connectivity index (χ4v) is 5.05. The normalized spacial score (nSPS) is 19.6. The quantitative estimate of drug-likeness (QED) is 0.874. The number of benzene rings is 1. The van der Waals surface area contributed by atoms with Crippen LogP contribution in [0.25, 0.3) is 0 Å². The van der Waals surface area contributed by atoms with Gasteiger partial charge in [-0.3, -0.25) is 4.79 Å². The van der Waals surface area contributed by atoms with Gasteiger partial charge in [-0.05, 0) is 38.0 Å². The highest BCUT2D eigenvalue weighted by Gasteiger charge is 2.47. The van der Waals surface area contributed by atoms with E-state index in [2.05, 4.69) is 5.32 Å². The first-order valence-electron chi connectivity index (χ1n) is 8.30. The molecule has 130 valence electrons. The van der Waals surface area contributed by atoms with Crippen LogP contribution >= 0.6 is 23.4 Å². The lowest BCUT2D eigenvalue weighted by Gasteiger charge is -2.44. The van der Waals surface area contributed by atoms with Gasteiger partial charge in [0.05, 0.1) is 4.87 Å². The molecule has 2 aliphatic rings. The smallest absolute Gasteiger partial charge is 0.317 e. The van der Waals surface area contributed by atoms with Crippen molar-refractivity contribution in [3.63, 3.8) is 0 Å². The van der Waals surface area contributed by atoms with Crippen molar-refractivity contribution in [3.8, 4) is 0 Å². The number of halogens is 1. The van der Waals surface area contributed by atoms with Crippen molar-refractivity contribution in [3.05, 3.63) is 34.9 Å². The van der Waals surface area contributed by atoms with Crippen molar-refractivity contribution in [2.45, 2.75) is 24.6 Å². The minimum Gasteiger partial charge on any atom is -0.338 e. The monoisotopic (exact) mass is 367 g/mol. The molecule has 3 amide bonds. The third-order valence-corrected chi connectivity index (χ3v) is 6.44. The minimum absolute atomic E-state index is 0.0111. The van der Waals surface area contributed by atoms with Gasteiger partial charge in [0.1, 0.15) is 0 Å². The predicted molar refractivity (Wildman–Crippen MR) is 97.6 cm³/mol. The Morgan fingerprint density at radius 1 is 1.29 bits per heavy atom. The lowest BCUT2D eigenvalue weighted by Crippen LogP contribution is -2.55. The van der Waals surface area contributed by atoms with Gasteiger partial charge >= 0.3 is 6.03 Å². The molecule has 1 spiro atoms. The number of carbonyl (C=O) groups is 2. The minimum atomic E-state index is -0.192. The summed E-state index contributed by atoms with van der Waals surface area (Å²) in [6, 6.07) is 7.11. The summed E-state index contributed by atoms with van der Waals surface area (Å²) in [5.74, 6) is 0.974. The van der Waals surface area contributed by atoms with Crippen LogP contribution in [-0.4, -0.2) is 58.5 Å². The van der Waals surface area contributed by atoms with Crippen molar-refractivity contribution in [1.82, 2.24) is 15.1 Å². The summed E-state index contributed by atoms with van der Waals surface area (Å²) >= 11 is 7.87. The second-order valence-electron chi connectivity index (χ2n) is 6.08. The maximum absolute atomic E-state index is 13.0. The van der Waals surface area contributed by atoms with Crippen LogP contribution in [0.3, 0.4) is 0 Å². The first-order valence-corrected chi connectivity index (χ1v) is 9.66. The van der Waals surface area contributed by atoms with E-state index in [1.165, 1.54) is 0 Å². The number of carbonyl (C=O) groups excluding carboxylic acids is 2. The Labute approximate surface area is 151 Å². The van der Waals surface area contributed by atoms with Crippen molar-refractivity contribution in [2.75, 3.05) is 31.9 Å². The molecule has 0 saturated carbocycles. The zero-order valence-corrected chi connectivity index (χ0v) is 15.3. The molecular formula is C17H22ClN3O2S. The number of thioether (sulfide) groups is 1. The van der Waals surface area contributed by atoms with E-state index in [0.717, 1.165) is 25.1 Å². The molecule has 1 N–H and O–H groups in total. The van der Waals surface area contributed by atoms with Crippen LogP contribution in [0, 0.1) is 0 Å². The molecule has 0 bridgehead atoms. The number of amides is 3. The molecule has 5 nitrogen and oxygen atoms in total. The predicted octanol–water partition coefficient (Wildman–Crippen LogP) is 3.05. The van der Waals surface area contributed by atoms with Gasteiger partial charge in [0.2, 0.25) is 0 Å². The van der Waals surface area contributed by atoms with Crippen molar-refractivity contribution in [2.24, 2.45) is 0 Å². The lowest BCUT2D eigenvalue weighted by atomic mass is 10.0. The van der Waals surface area contributed by atoms with Crippen LogP contribution in [-0.2, 0) is 0 Å². The number of nitrogens with zero attached hydrogens (tertiary/aromatic N) is 2. The Kier molecular flexibility index (Phi) is 5.25. The average molecular weight is 368 g/mol. The highest BCUT2D eigenvalue weighted by Crippen LogP contribution is 2.44. The molecule has 0 aromatic heterocycles. The summed E-state index contributed by atoms with van der Waals surface area (Å²) in [6.45, 7) is 4.66.